The van der Waals surface area contributed by atoms with Crippen LogP contribution in [0.15, 0.2) is 185 Å². The molecule has 3 aromatic heterocycles. The van der Waals surface area contributed by atoms with Crippen molar-refractivity contribution < 1.29 is 8.83 Å². The molecule has 0 spiro atoms. The number of para-hydroxylation sites is 2. The van der Waals surface area contributed by atoms with Crippen molar-refractivity contribution in [3.63, 3.8) is 0 Å². The van der Waals surface area contributed by atoms with Crippen LogP contribution in [0.5, 0.6) is 0 Å². The van der Waals surface area contributed by atoms with E-state index in [0.717, 1.165) is 71.7 Å². The lowest BCUT2D eigenvalue weighted by molar-refractivity contribution is 0.668. The van der Waals surface area contributed by atoms with E-state index in [1.807, 2.05) is 60.7 Å². The largest absolute Gasteiger partial charge is 0.456 e. The molecular weight excluding hydrogens is 687 g/mol. The highest BCUT2D eigenvalue weighted by molar-refractivity contribution is 6.21. The van der Waals surface area contributed by atoms with Gasteiger partial charge in [-0.05, 0) is 73.8 Å². The molecule has 56 heavy (non-hydrogen) atoms. The maximum Gasteiger partial charge on any atom is 0.164 e. The average Bonchev–Trinajstić information content (AvgIpc) is 3.84. The van der Waals surface area contributed by atoms with Crippen molar-refractivity contribution >= 4 is 76.2 Å². The molecule has 0 amide bonds. The van der Waals surface area contributed by atoms with E-state index in [0.29, 0.717) is 17.5 Å². The second-order valence-electron chi connectivity index (χ2n) is 14.3. The molecule has 0 saturated heterocycles. The highest BCUT2D eigenvalue weighted by atomic mass is 16.3. The predicted molar refractivity (Wildman–Crippen MR) is 229 cm³/mol. The first-order valence-electron chi connectivity index (χ1n) is 18.8. The van der Waals surface area contributed by atoms with E-state index in [4.69, 9.17) is 23.8 Å². The number of nitrogens with zero attached hydrogens (tertiary/aromatic N) is 3. The number of fused-ring (bicyclic) bond motifs is 11. The number of furan rings is 2. The molecule has 9 aromatic carbocycles. The van der Waals surface area contributed by atoms with Crippen molar-refractivity contribution in [3.8, 4) is 45.3 Å². The summed E-state index contributed by atoms with van der Waals surface area (Å²) in [6, 6.07) is 61.1. The van der Waals surface area contributed by atoms with E-state index in [2.05, 4.69) is 115 Å². The van der Waals surface area contributed by atoms with Gasteiger partial charge in [0.05, 0.1) is 0 Å². The molecule has 12 rings (SSSR count). The lowest BCUT2D eigenvalue weighted by Crippen LogP contribution is -2.01. The standard InChI is InChI=1S/C51H29N3O2/c1-2-13-35-30(11-1)23-26-32-27-24-31-25-28-33(29-41(31)46(32)35)34-12-3-4-14-36(34)49-52-50(39-17-9-21-44-47(39)37-15-5-7-19-42(37)55-44)54-51(53-49)40-18-10-22-45-48(40)38-16-6-8-20-43(38)56-45/h1-29H. The average molecular weight is 716 g/mol. The Labute approximate surface area is 320 Å². The van der Waals surface area contributed by atoms with E-state index in [1.165, 1.54) is 32.3 Å². The number of aromatic nitrogens is 3. The predicted octanol–water partition coefficient (Wildman–Crippen LogP) is 13.8. The zero-order valence-corrected chi connectivity index (χ0v) is 29.9. The summed E-state index contributed by atoms with van der Waals surface area (Å²) >= 11 is 0. The molecule has 0 atom stereocenters. The Kier molecular flexibility index (Phi) is 6.56. The summed E-state index contributed by atoms with van der Waals surface area (Å²) in [4.78, 5) is 15.9. The number of hydrogen-bond donors (Lipinski definition) is 0. The van der Waals surface area contributed by atoms with Crippen LogP contribution in [0.1, 0.15) is 0 Å². The molecule has 0 saturated carbocycles. The summed E-state index contributed by atoms with van der Waals surface area (Å²) in [5.41, 5.74) is 8.00. The van der Waals surface area contributed by atoms with Gasteiger partial charge in [-0.1, -0.05) is 146 Å². The molecule has 0 unspecified atom stereocenters. The van der Waals surface area contributed by atoms with Crippen LogP contribution >= 0.6 is 0 Å². The summed E-state index contributed by atoms with van der Waals surface area (Å²) in [5, 5.41) is 11.3. The maximum atomic E-state index is 6.33. The van der Waals surface area contributed by atoms with Gasteiger partial charge in [0, 0.05) is 38.2 Å². The normalized spacial score (nSPS) is 11.9. The van der Waals surface area contributed by atoms with Crippen molar-refractivity contribution in [2.75, 3.05) is 0 Å². The second-order valence-corrected chi connectivity index (χ2v) is 14.3. The lowest BCUT2D eigenvalue weighted by atomic mass is 9.92. The van der Waals surface area contributed by atoms with Crippen LogP contribution in [-0.4, -0.2) is 15.0 Å². The van der Waals surface area contributed by atoms with Gasteiger partial charge < -0.3 is 8.83 Å². The molecular formula is C51H29N3O2. The minimum absolute atomic E-state index is 0.567. The van der Waals surface area contributed by atoms with Crippen LogP contribution < -0.4 is 0 Å². The van der Waals surface area contributed by atoms with Gasteiger partial charge in [0.15, 0.2) is 17.5 Å². The van der Waals surface area contributed by atoms with Gasteiger partial charge in [0.2, 0.25) is 0 Å². The summed E-state index contributed by atoms with van der Waals surface area (Å²) < 4.78 is 12.7. The van der Waals surface area contributed by atoms with E-state index < -0.39 is 0 Å². The summed E-state index contributed by atoms with van der Waals surface area (Å²) in [5.74, 6) is 1.72. The second kappa shape index (κ2) is 11.9. The van der Waals surface area contributed by atoms with Crippen LogP contribution in [0, 0.1) is 0 Å². The Bertz CT molecular complexity index is 3420. The van der Waals surface area contributed by atoms with E-state index in [-0.39, 0.29) is 0 Å². The first kappa shape index (κ1) is 30.8. The Hall–Kier alpha value is -7.63. The minimum Gasteiger partial charge on any atom is -0.456 e. The highest BCUT2D eigenvalue weighted by Gasteiger charge is 2.21. The van der Waals surface area contributed by atoms with Gasteiger partial charge in [0.25, 0.3) is 0 Å². The lowest BCUT2D eigenvalue weighted by Gasteiger charge is -2.14. The summed E-state index contributed by atoms with van der Waals surface area (Å²) in [6.07, 6.45) is 0. The third-order valence-electron chi connectivity index (χ3n) is 11.1. The van der Waals surface area contributed by atoms with Crippen molar-refractivity contribution in [3.05, 3.63) is 176 Å². The van der Waals surface area contributed by atoms with E-state index in [1.54, 1.807) is 0 Å². The molecule has 0 radical (unpaired) electrons. The molecule has 0 aliphatic rings. The van der Waals surface area contributed by atoms with Gasteiger partial charge in [0.1, 0.15) is 22.3 Å². The molecule has 5 heteroatoms. The minimum atomic E-state index is 0.567. The van der Waals surface area contributed by atoms with Crippen LogP contribution in [0.4, 0.5) is 0 Å². The van der Waals surface area contributed by atoms with Gasteiger partial charge >= 0.3 is 0 Å². The number of hydrogen-bond acceptors (Lipinski definition) is 5. The highest BCUT2D eigenvalue weighted by Crippen LogP contribution is 2.41. The Morgan fingerprint density at radius 1 is 0.286 bits per heavy atom. The zero-order chi connectivity index (χ0) is 36.7. The molecule has 12 aromatic rings. The third-order valence-corrected chi connectivity index (χ3v) is 11.1. The molecule has 0 aliphatic carbocycles. The van der Waals surface area contributed by atoms with Crippen molar-refractivity contribution in [2.45, 2.75) is 0 Å². The monoisotopic (exact) mass is 715 g/mol. The first-order chi connectivity index (χ1) is 27.7. The quantitative estimate of drug-likeness (QED) is 0.170. The van der Waals surface area contributed by atoms with Crippen LogP contribution in [0.25, 0.3) is 121 Å². The fourth-order valence-electron chi connectivity index (χ4n) is 8.58. The Morgan fingerprint density at radius 2 is 0.732 bits per heavy atom. The van der Waals surface area contributed by atoms with Crippen LogP contribution in [0.2, 0.25) is 0 Å². The van der Waals surface area contributed by atoms with Crippen molar-refractivity contribution in [1.82, 2.24) is 15.0 Å². The summed E-state index contributed by atoms with van der Waals surface area (Å²) in [6.45, 7) is 0. The van der Waals surface area contributed by atoms with E-state index >= 15 is 0 Å². The molecule has 5 nitrogen and oxygen atoms in total. The SMILES string of the molecule is c1ccc(-c2nc(-c3cccc4oc5ccccc5c34)nc(-c3cccc4oc5ccccc5c34)n2)c(-c2ccc3ccc4ccc5ccccc5c4c3c2)c1. The third kappa shape index (κ3) is 4.64. The van der Waals surface area contributed by atoms with Crippen molar-refractivity contribution in [2.24, 2.45) is 0 Å². The Morgan fingerprint density at radius 3 is 1.38 bits per heavy atom. The van der Waals surface area contributed by atoms with Gasteiger partial charge in [-0.3, -0.25) is 0 Å². The van der Waals surface area contributed by atoms with Crippen LogP contribution in [0.3, 0.4) is 0 Å². The van der Waals surface area contributed by atoms with Crippen molar-refractivity contribution in [1.29, 1.82) is 0 Å². The smallest absolute Gasteiger partial charge is 0.164 e. The van der Waals surface area contributed by atoms with E-state index in [9.17, 15) is 0 Å². The fraction of sp³-hybridized carbons (Fsp3) is 0. The molecule has 260 valence electrons. The molecule has 0 aliphatic heterocycles. The zero-order valence-electron chi connectivity index (χ0n) is 29.9. The number of rotatable bonds is 4. The summed E-state index contributed by atoms with van der Waals surface area (Å²) in [7, 11) is 0. The topological polar surface area (TPSA) is 65.0 Å². The van der Waals surface area contributed by atoms with Gasteiger partial charge in [-0.15, -0.1) is 0 Å². The Balaban J connectivity index is 1.13. The first-order valence-corrected chi connectivity index (χ1v) is 18.8. The van der Waals surface area contributed by atoms with Crippen LogP contribution in [-0.2, 0) is 0 Å². The molecule has 3 heterocycles. The van der Waals surface area contributed by atoms with Gasteiger partial charge in [-0.25, -0.2) is 15.0 Å². The number of benzene rings is 9. The molecule has 0 N–H and O–H groups in total. The fourth-order valence-corrected chi connectivity index (χ4v) is 8.58. The molecule has 0 fully saturated rings. The maximum absolute atomic E-state index is 6.33. The molecule has 0 bridgehead atoms. The van der Waals surface area contributed by atoms with Gasteiger partial charge in [-0.2, -0.15) is 0 Å².